The van der Waals surface area contributed by atoms with Crippen molar-refractivity contribution in [3.63, 3.8) is 0 Å². The Morgan fingerprint density at radius 1 is 1.15 bits per heavy atom. The smallest absolute Gasteiger partial charge is 0.412 e. The molecule has 6 heteroatoms. The van der Waals surface area contributed by atoms with E-state index in [1.165, 1.54) is 31.8 Å². The van der Waals surface area contributed by atoms with Crippen LogP contribution >= 0.6 is 7.82 Å². The van der Waals surface area contributed by atoms with Crippen LogP contribution in [0.5, 0.6) is 0 Å². The van der Waals surface area contributed by atoms with Crippen LogP contribution in [0.1, 0.15) is 39.0 Å². The van der Waals surface area contributed by atoms with E-state index in [9.17, 15) is 4.57 Å². The summed E-state index contributed by atoms with van der Waals surface area (Å²) in [6, 6.07) is 0. The van der Waals surface area contributed by atoms with Crippen molar-refractivity contribution in [2.45, 2.75) is 39.0 Å². The van der Waals surface area contributed by atoms with Crippen molar-refractivity contribution in [3.05, 3.63) is 36.6 Å². The second-order valence-corrected chi connectivity index (χ2v) is 5.59. The number of unbranched alkanes of at least 4 members (excludes halogenated alkanes) is 4. The van der Waals surface area contributed by atoms with Gasteiger partial charge < -0.3 is 10.3 Å². The Hall–Kier alpha value is -0.870. The second kappa shape index (κ2) is 13.1. The van der Waals surface area contributed by atoms with E-state index in [2.05, 4.69) is 22.0 Å². The number of phosphoric ester groups is 1. The van der Waals surface area contributed by atoms with Gasteiger partial charge in [-0.2, -0.15) is 0 Å². The summed E-state index contributed by atoms with van der Waals surface area (Å²) in [4.78, 5) is 9.16. The Morgan fingerprint density at radius 3 is 2.60 bits per heavy atom. The molecule has 1 atom stereocenters. The first-order valence-corrected chi connectivity index (χ1v) is 8.46. The van der Waals surface area contributed by atoms with E-state index < -0.39 is 7.82 Å². The van der Waals surface area contributed by atoms with E-state index >= 15 is 0 Å². The van der Waals surface area contributed by atoms with Gasteiger partial charge in [0.05, 0.1) is 12.9 Å². The molecule has 5 nitrogen and oxygen atoms in total. The molecule has 0 heterocycles. The highest BCUT2D eigenvalue weighted by Crippen LogP contribution is 2.43. The molecule has 0 fully saturated rings. The normalized spacial score (nSPS) is 15.3. The van der Waals surface area contributed by atoms with Crippen molar-refractivity contribution in [2.24, 2.45) is 5.73 Å². The summed E-state index contributed by atoms with van der Waals surface area (Å²) in [5.74, 6) is 0. The summed E-state index contributed by atoms with van der Waals surface area (Å²) in [7, 11) is -4.00. The number of phosphoric acid groups is 1. The van der Waals surface area contributed by atoms with E-state index in [1.54, 1.807) is 6.08 Å². The monoisotopic (exact) mass is 303 g/mol. The molecule has 0 rings (SSSR count). The fourth-order valence-corrected chi connectivity index (χ4v) is 1.97. The van der Waals surface area contributed by atoms with Gasteiger partial charge >= 0.3 is 7.82 Å². The van der Waals surface area contributed by atoms with Crippen molar-refractivity contribution in [2.75, 3.05) is 13.2 Å². The molecule has 3 N–H and O–H groups in total. The van der Waals surface area contributed by atoms with E-state index in [-0.39, 0.29) is 13.2 Å². The Bertz CT molecular complexity index is 353. The number of nitrogens with two attached hydrogens (primary N) is 1. The topological polar surface area (TPSA) is 81.8 Å². The lowest BCUT2D eigenvalue weighted by atomic mass is 10.1. The molecule has 0 aliphatic heterocycles. The first-order chi connectivity index (χ1) is 9.62. The van der Waals surface area contributed by atoms with Gasteiger partial charge in [-0.25, -0.2) is 4.57 Å². The average molecular weight is 303 g/mol. The SMILES string of the molecule is CCCCCCC=CC=CC=COP(=O)(O)OCCN. The summed E-state index contributed by atoms with van der Waals surface area (Å²) < 4.78 is 20.3. The quantitative estimate of drug-likeness (QED) is 0.249. The maximum absolute atomic E-state index is 11.2. The molecule has 0 aromatic heterocycles. The highest BCUT2D eigenvalue weighted by atomic mass is 31.2. The number of hydrogen-bond donors (Lipinski definition) is 2. The van der Waals surface area contributed by atoms with Crippen LogP contribution in [-0.2, 0) is 13.6 Å². The molecule has 0 radical (unpaired) electrons. The van der Waals surface area contributed by atoms with Crippen molar-refractivity contribution in [1.29, 1.82) is 0 Å². The molecule has 0 bridgehead atoms. The van der Waals surface area contributed by atoms with E-state index in [0.717, 1.165) is 12.7 Å². The highest BCUT2D eigenvalue weighted by molar-refractivity contribution is 7.47. The summed E-state index contributed by atoms with van der Waals surface area (Å²) in [5.41, 5.74) is 5.15. The maximum atomic E-state index is 11.2. The zero-order valence-corrected chi connectivity index (χ0v) is 13.0. The van der Waals surface area contributed by atoms with E-state index in [0.29, 0.717) is 0 Å². The molecule has 0 aromatic carbocycles. The minimum atomic E-state index is -4.00. The number of rotatable bonds is 12. The lowest BCUT2D eigenvalue weighted by molar-refractivity contribution is 0.192. The van der Waals surface area contributed by atoms with E-state index in [4.69, 9.17) is 10.6 Å². The lowest BCUT2D eigenvalue weighted by Crippen LogP contribution is -2.07. The van der Waals surface area contributed by atoms with Crippen LogP contribution in [0.2, 0.25) is 0 Å². The standard InChI is InChI=1S/C14H26NO4P/c1-2-3-4-5-6-7-8-9-10-11-13-18-20(16,17)19-14-12-15/h7-11,13H,2-6,12,14-15H2,1H3,(H,16,17). The summed E-state index contributed by atoms with van der Waals surface area (Å²) in [5, 5.41) is 0. The van der Waals surface area contributed by atoms with Crippen LogP contribution in [0.25, 0.3) is 0 Å². The van der Waals surface area contributed by atoms with Crippen molar-refractivity contribution in [3.8, 4) is 0 Å². The van der Waals surface area contributed by atoms with Crippen molar-refractivity contribution in [1.82, 2.24) is 0 Å². The van der Waals surface area contributed by atoms with Crippen LogP contribution < -0.4 is 5.73 Å². The largest absolute Gasteiger partial charge is 0.526 e. The van der Waals surface area contributed by atoms with Gasteiger partial charge in [-0.15, -0.1) is 0 Å². The first-order valence-electron chi connectivity index (χ1n) is 6.96. The summed E-state index contributed by atoms with van der Waals surface area (Å²) >= 11 is 0. The Kier molecular flexibility index (Phi) is 12.6. The van der Waals surface area contributed by atoms with Crippen LogP contribution in [0.15, 0.2) is 36.6 Å². The van der Waals surface area contributed by atoms with Crippen LogP contribution in [0.3, 0.4) is 0 Å². The van der Waals surface area contributed by atoms with Gasteiger partial charge in [0.25, 0.3) is 0 Å². The third-order valence-electron chi connectivity index (χ3n) is 2.34. The Labute approximate surface area is 121 Å². The molecule has 0 saturated heterocycles. The molecule has 1 unspecified atom stereocenters. The number of allylic oxidation sites excluding steroid dienone is 5. The van der Waals surface area contributed by atoms with E-state index in [1.807, 2.05) is 12.2 Å². The average Bonchev–Trinajstić information content (AvgIpc) is 2.42. The molecule has 0 spiro atoms. The fraction of sp³-hybridized carbons (Fsp3) is 0.571. The summed E-state index contributed by atoms with van der Waals surface area (Å²) in [6.45, 7) is 2.35. The first kappa shape index (κ1) is 19.1. The molecule has 0 saturated carbocycles. The van der Waals surface area contributed by atoms with Gasteiger partial charge in [-0.05, 0) is 18.9 Å². The molecule has 116 valence electrons. The van der Waals surface area contributed by atoms with Gasteiger partial charge in [-0.1, -0.05) is 50.5 Å². The predicted molar refractivity (Wildman–Crippen MR) is 82.1 cm³/mol. The van der Waals surface area contributed by atoms with Crippen molar-refractivity contribution < 1.29 is 18.5 Å². The molecule has 0 aromatic rings. The van der Waals surface area contributed by atoms with Gasteiger partial charge in [0.2, 0.25) is 0 Å². The second-order valence-electron chi connectivity index (χ2n) is 4.19. The molecule has 0 aliphatic carbocycles. The highest BCUT2D eigenvalue weighted by Gasteiger charge is 2.19. The van der Waals surface area contributed by atoms with Crippen LogP contribution in [0, 0.1) is 0 Å². The molecule has 0 amide bonds. The fourth-order valence-electron chi connectivity index (χ4n) is 1.35. The minimum absolute atomic E-state index is 0.0156. The number of hydrogen-bond acceptors (Lipinski definition) is 4. The third-order valence-corrected chi connectivity index (χ3v) is 3.24. The zero-order valence-electron chi connectivity index (χ0n) is 12.1. The predicted octanol–water partition coefficient (Wildman–Crippen LogP) is 3.68. The van der Waals surface area contributed by atoms with Crippen LogP contribution in [0.4, 0.5) is 0 Å². The molecular formula is C14H26NO4P. The molecule has 20 heavy (non-hydrogen) atoms. The van der Waals surface area contributed by atoms with Gasteiger partial charge in [0.1, 0.15) is 0 Å². The lowest BCUT2D eigenvalue weighted by Gasteiger charge is -2.08. The maximum Gasteiger partial charge on any atom is 0.526 e. The third kappa shape index (κ3) is 13.6. The summed E-state index contributed by atoms with van der Waals surface area (Å²) in [6.07, 6.45) is 16.3. The minimum Gasteiger partial charge on any atom is -0.412 e. The molecule has 0 aliphatic rings. The van der Waals surface area contributed by atoms with Gasteiger partial charge in [0.15, 0.2) is 0 Å². The Morgan fingerprint density at radius 2 is 1.90 bits per heavy atom. The zero-order chi connectivity index (χ0) is 15.1. The van der Waals surface area contributed by atoms with Gasteiger partial charge in [-0.3, -0.25) is 9.42 Å². The Balaban J connectivity index is 3.70. The van der Waals surface area contributed by atoms with Gasteiger partial charge in [0, 0.05) is 6.54 Å². The van der Waals surface area contributed by atoms with Crippen molar-refractivity contribution >= 4 is 7.82 Å². The van der Waals surface area contributed by atoms with Crippen LogP contribution in [-0.4, -0.2) is 18.0 Å². The molecular weight excluding hydrogens is 277 g/mol.